The highest BCUT2D eigenvalue weighted by Gasteiger charge is 2.23. The number of nitrogens with one attached hydrogen (secondary N) is 1. The molecule has 0 bridgehead atoms. The number of carbonyl (C=O) groups is 1. The molecule has 1 N–H and O–H groups in total. The Balaban J connectivity index is 1.69. The van der Waals surface area contributed by atoms with E-state index in [1.54, 1.807) is 6.26 Å². The lowest BCUT2D eigenvalue weighted by atomic mass is 10.1. The maximum Gasteiger partial charge on any atom is 0.220 e. The number of ether oxygens (including phenoxy) is 1. The van der Waals surface area contributed by atoms with Gasteiger partial charge in [-0.2, -0.15) is 0 Å². The summed E-state index contributed by atoms with van der Waals surface area (Å²) in [4.78, 5) is 11.7. The van der Waals surface area contributed by atoms with Gasteiger partial charge in [0.25, 0.3) is 0 Å². The highest BCUT2D eigenvalue weighted by molar-refractivity contribution is 5.76. The van der Waals surface area contributed by atoms with E-state index < -0.39 is 0 Å². The summed E-state index contributed by atoms with van der Waals surface area (Å²) in [7, 11) is 0. The third-order valence-electron chi connectivity index (χ3n) is 3.09. The summed E-state index contributed by atoms with van der Waals surface area (Å²) in [5.41, 5.74) is 0. The average Bonchev–Trinajstić information content (AvgIpc) is 2.99. The fraction of sp³-hybridized carbons (Fsp3) is 0.615. The zero-order valence-corrected chi connectivity index (χ0v) is 10.1. The van der Waals surface area contributed by atoms with E-state index in [0.717, 1.165) is 25.2 Å². The van der Waals surface area contributed by atoms with Gasteiger partial charge in [-0.05, 0) is 31.9 Å². The molecule has 94 valence electrons. The quantitative estimate of drug-likeness (QED) is 0.851. The molecule has 0 spiro atoms. The molecule has 1 aliphatic rings. The topological polar surface area (TPSA) is 51.5 Å². The van der Waals surface area contributed by atoms with Gasteiger partial charge in [-0.1, -0.05) is 0 Å². The van der Waals surface area contributed by atoms with Crippen molar-refractivity contribution in [3.63, 3.8) is 0 Å². The Morgan fingerprint density at radius 2 is 2.53 bits per heavy atom. The van der Waals surface area contributed by atoms with Crippen LogP contribution >= 0.6 is 0 Å². The van der Waals surface area contributed by atoms with Crippen molar-refractivity contribution in [3.8, 4) is 0 Å². The number of furan rings is 1. The molecular formula is C13H19NO3. The van der Waals surface area contributed by atoms with E-state index in [4.69, 9.17) is 9.15 Å². The second kappa shape index (κ2) is 5.87. The van der Waals surface area contributed by atoms with Crippen molar-refractivity contribution in [1.82, 2.24) is 5.32 Å². The normalized spacial score (nSPS) is 21.4. The second-order valence-electron chi connectivity index (χ2n) is 4.49. The zero-order chi connectivity index (χ0) is 12.1. The number of rotatable bonds is 5. The lowest BCUT2D eigenvalue weighted by Crippen LogP contribution is -2.40. The highest BCUT2D eigenvalue weighted by atomic mass is 16.5. The van der Waals surface area contributed by atoms with E-state index in [-0.39, 0.29) is 18.1 Å². The van der Waals surface area contributed by atoms with E-state index in [1.165, 1.54) is 0 Å². The van der Waals surface area contributed by atoms with Gasteiger partial charge in [-0.3, -0.25) is 4.79 Å². The van der Waals surface area contributed by atoms with Crippen LogP contribution in [0.25, 0.3) is 0 Å². The molecule has 1 amide bonds. The molecule has 2 rings (SSSR count). The minimum atomic E-state index is 0.0596. The molecule has 0 unspecified atom stereocenters. The predicted molar refractivity (Wildman–Crippen MR) is 63.6 cm³/mol. The summed E-state index contributed by atoms with van der Waals surface area (Å²) in [6.45, 7) is 2.82. The van der Waals surface area contributed by atoms with Crippen molar-refractivity contribution in [1.29, 1.82) is 0 Å². The van der Waals surface area contributed by atoms with Crippen LogP contribution in [0.2, 0.25) is 0 Å². The molecule has 1 fully saturated rings. The van der Waals surface area contributed by atoms with E-state index >= 15 is 0 Å². The smallest absolute Gasteiger partial charge is 0.220 e. The Morgan fingerprint density at radius 1 is 1.65 bits per heavy atom. The molecule has 1 aromatic rings. The number of amides is 1. The molecule has 4 nitrogen and oxygen atoms in total. The Hall–Kier alpha value is -1.29. The van der Waals surface area contributed by atoms with Crippen molar-refractivity contribution >= 4 is 5.91 Å². The molecule has 0 aromatic carbocycles. The minimum absolute atomic E-state index is 0.0596. The van der Waals surface area contributed by atoms with Crippen molar-refractivity contribution in [3.05, 3.63) is 24.2 Å². The minimum Gasteiger partial charge on any atom is -0.469 e. The van der Waals surface area contributed by atoms with Crippen LogP contribution in [-0.4, -0.2) is 24.7 Å². The predicted octanol–water partition coefficient (Wildman–Crippen LogP) is 1.90. The lowest BCUT2D eigenvalue weighted by Gasteiger charge is -2.19. The van der Waals surface area contributed by atoms with Gasteiger partial charge in [0, 0.05) is 19.4 Å². The van der Waals surface area contributed by atoms with Crippen LogP contribution < -0.4 is 5.32 Å². The summed E-state index contributed by atoms with van der Waals surface area (Å²) >= 11 is 0. The van der Waals surface area contributed by atoms with Crippen LogP contribution in [0.15, 0.2) is 22.8 Å². The fourth-order valence-corrected chi connectivity index (χ4v) is 2.11. The van der Waals surface area contributed by atoms with Gasteiger partial charge in [0.15, 0.2) is 0 Å². The van der Waals surface area contributed by atoms with Gasteiger partial charge in [-0.15, -0.1) is 0 Å². The van der Waals surface area contributed by atoms with Gasteiger partial charge in [0.05, 0.1) is 18.4 Å². The van der Waals surface area contributed by atoms with Crippen molar-refractivity contribution in [2.24, 2.45) is 0 Å². The number of hydrogen-bond acceptors (Lipinski definition) is 3. The molecule has 17 heavy (non-hydrogen) atoms. The Labute approximate surface area is 101 Å². The number of hydrogen-bond donors (Lipinski definition) is 1. The molecule has 1 aliphatic heterocycles. The SMILES string of the molecule is C[C@H](NC(=O)CCc1ccco1)[C@H]1CCCO1. The van der Waals surface area contributed by atoms with E-state index in [9.17, 15) is 4.79 Å². The van der Waals surface area contributed by atoms with Crippen LogP contribution in [-0.2, 0) is 16.0 Å². The highest BCUT2D eigenvalue weighted by Crippen LogP contribution is 2.15. The van der Waals surface area contributed by atoms with Crippen LogP contribution in [0.5, 0.6) is 0 Å². The first-order valence-corrected chi connectivity index (χ1v) is 6.19. The molecule has 1 saturated heterocycles. The van der Waals surface area contributed by atoms with Crippen LogP contribution in [0.1, 0.15) is 31.9 Å². The van der Waals surface area contributed by atoms with Crippen molar-refractivity contribution < 1.29 is 13.9 Å². The van der Waals surface area contributed by atoms with E-state index in [2.05, 4.69) is 5.32 Å². The van der Waals surface area contributed by atoms with Crippen LogP contribution in [0.3, 0.4) is 0 Å². The first-order valence-electron chi connectivity index (χ1n) is 6.19. The third-order valence-corrected chi connectivity index (χ3v) is 3.09. The second-order valence-corrected chi connectivity index (χ2v) is 4.49. The molecular weight excluding hydrogens is 218 g/mol. The molecule has 4 heteroatoms. The summed E-state index contributed by atoms with van der Waals surface area (Å²) in [5.74, 6) is 0.911. The molecule has 1 aromatic heterocycles. The van der Waals surface area contributed by atoms with Gasteiger partial charge in [-0.25, -0.2) is 0 Å². The fourth-order valence-electron chi connectivity index (χ4n) is 2.11. The summed E-state index contributed by atoms with van der Waals surface area (Å²) in [5, 5.41) is 2.98. The summed E-state index contributed by atoms with van der Waals surface area (Å²) < 4.78 is 10.7. The maximum atomic E-state index is 11.7. The third kappa shape index (κ3) is 3.60. The number of aryl methyl sites for hydroxylation is 1. The van der Waals surface area contributed by atoms with E-state index in [1.807, 2.05) is 19.1 Å². The Bertz CT molecular complexity index is 342. The molecule has 0 saturated carbocycles. The Morgan fingerprint density at radius 3 is 3.18 bits per heavy atom. The molecule has 0 radical (unpaired) electrons. The van der Waals surface area contributed by atoms with Gasteiger partial charge in [0.1, 0.15) is 5.76 Å². The van der Waals surface area contributed by atoms with Gasteiger partial charge in [0.2, 0.25) is 5.91 Å². The first-order chi connectivity index (χ1) is 8.25. The van der Waals surface area contributed by atoms with Crippen LogP contribution in [0.4, 0.5) is 0 Å². The largest absolute Gasteiger partial charge is 0.469 e. The van der Waals surface area contributed by atoms with E-state index in [0.29, 0.717) is 12.8 Å². The van der Waals surface area contributed by atoms with Crippen LogP contribution in [0, 0.1) is 0 Å². The lowest BCUT2D eigenvalue weighted by molar-refractivity contribution is -0.122. The van der Waals surface area contributed by atoms with Gasteiger partial charge < -0.3 is 14.5 Å². The Kier molecular flexibility index (Phi) is 4.20. The average molecular weight is 237 g/mol. The standard InChI is InChI=1S/C13H19NO3/c1-10(12-5-3-9-17-12)14-13(15)7-6-11-4-2-8-16-11/h2,4,8,10,12H,3,5-7,9H2,1H3,(H,14,15)/t10-,12+/m0/s1. The first kappa shape index (κ1) is 12.2. The van der Waals surface area contributed by atoms with Crippen molar-refractivity contribution in [2.75, 3.05) is 6.61 Å². The molecule has 0 aliphatic carbocycles. The van der Waals surface area contributed by atoms with Gasteiger partial charge >= 0.3 is 0 Å². The zero-order valence-electron chi connectivity index (χ0n) is 10.1. The maximum absolute atomic E-state index is 11.7. The summed E-state index contributed by atoms with van der Waals surface area (Å²) in [6.07, 6.45) is 5.06. The molecule has 2 heterocycles. The summed E-state index contributed by atoms with van der Waals surface area (Å²) in [6, 6.07) is 3.82. The monoisotopic (exact) mass is 237 g/mol. The number of carbonyl (C=O) groups excluding carboxylic acids is 1. The molecule has 2 atom stereocenters. The van der Waals surface area contributed by atoms with Crippen molar-refractivity contribution in [2.45, 2.75) is 44.8 Å².